The molecule has 5 aromatic carbocycles. The van der Waals surface area contributed by atoms with E-state index in [0.717, 1.165) is 0 Å². The average molecular weight is 409 g/mol. The molecule has 7 rings (SSSR count). The molecule has 32 heavy (non-hydrogen) atoms. The summed E-state index contributed by atoms with van der Waals surface area (Å²) in [5.74, 6) is 0. The predicted molar refractivity (Wildman–Crippen MR) is 136 cm³/mol. The number of H-pyrrole nitrogens is 2. The first-order valence-electron chi connectivity index (χ1n) is 11.0. The van der Waals surface area contributed by atoms with Crippen molar-refractivity contribution in [1.29, 1.82) is 0 Å². The second-order valence-electron chi connectivity index (χ2n) is 8.44. The maximum absolute atomic E-state index is 3.52. The number of aromatic nitrogens is 2. The van der Waals surface area contributed by atoms with Crippen molar-refractivity contribution < 1.29 is 0 Å². The van der Waals surface area contributed by atoms with E-state index in [-0.39, 0.29) is 0 Å². The van der Waals surface area contributed by atoms with Crippen molar-refractivity contribution >= 4 is 43.6 Å². The van der Waals surface area contributed by atoms with Gasteiger partial charge in [-0.1, -0.05) is 66.7 Å². The summed E-state index contributed by atoms with van der Waals surface area (Å²) in [7, 11) is 0. The Morgan fingerprint density at radius 2 is 0.750 bits per heavy atom. The van der Waals surface area contributed by atoms with Crippen molar-refractivity contribution in [3.05, 3.63) is 109 Å². The second-order valence-corrected chi connectivity index (χ2v) is 8.44. The third-order valence-electron chi connectivity index (χ3n) is 6.54. The molecule has 0 aliphatic rings. The molecule has 0 atom stereocenters. The molecule has 0 unspecified atom stereocenters. The molecule has 2 nitrogen and oxygen atoms in total. The molecule has 150 valence electrons. The van der Waals surface area contributed by atoms with E-state index in [1.54, 1.807) is 0 Å². The molecular formula is C30H20N2. The molecule has 2 heterocycles. The Morgan fingerprint density at radius 3 is 1.28 bits per heavy atom. The van der Waals surface area contributed by atoms with Crippen molar-refractivity contribution in [1.82, 2.24) is 9.97 Å². The van der Waals surface area contributed by atoms with Crippen LogP contribution in [0.2, 0.25) is 0 Å². The standard InChI is InChI=1S/C30H20N2/c1-3-10-27-23(8-1)25-17-21(12-14-29(25)31-27)19-6-5-7-20(16-19)22-13-15-30-26(18-22)24-9-2-4-11-28(24)32-30/h1-18,31-32H. The zero-order valence-corrected chi connectivity index (χ0v) is 17.4. The van der Waals surface area contributed by atoms with E-state index >= 15 is 0 Å². The van der Waals surface area contributed by atoms with Gasteiger partial charge in [0.1, 0.15) is 0 Å². The average Bonchev–Trinajstić information content (AvgIpc) is 3.41. The van der Waals surface area contributed by atoms with Crippen LogP contribution >= 0.6 is 0 Å². The van der Waals surface area contributed by atoms with Crippen LogP contribution in [0.4, 0.5) is 0 Å². The van der Waals surface area contributed by atoms with Crippen molar-refractivity contribution in [2.24, 2.45) is 0 Å². The SMILES string of the molecule is c1cc(-c2ccc3[nH]c4ccccc4c3c2)cc(-c2ccc3[nH]c4ccccc4c3c2)c1. The summed E-state index contributed by atoms with van der Waals surface area (Å²) >= 11 is 0. The largest absolute Gasteiger partial charge is 0.355 e. The number of fused-ring (bicyclic) bond motifs is 6. The van der Waals surface area contributed by atoms with Gasteiger partial charge in [-0.2, -0.15) is 0 Å². The van der Waals surface area contributed by atoms with Crippen LogP contribution in [0.1, 0.15) is 0 Å². The van der Waals surface area contributed by atoms with Crippen molar-refractivity contribution in [2.45, 2.75) is 0 Å². The Labute approximate surface area is 185 Å². The van der Waals surface area contributed by atoms with E-state index in [9.17, 15) is 0 Å². The summed E-state index contributed by atoms with van der Waals surface area (Å²) in [5.41, 5.74) is 9.64. The van der Waals surface area contributed by atoms with Gasteiger partial charge in [-0.25, -0.2) is 0 Å². The van der Waals surface area contributed by atoms with Gasteiger partial charge in [0.05, 0.1) is 0 Å². The second kappa shape index (κ2) is 6.60. The number of nitrogens with one attached hydrogen (secondary N) is 2. The zero-order valence-electron chi connectivity index (χ0n) is 17.4. The minimum absolute atomic E-state index is 1.18. The topological polar surface area (TPSA) is 31.6 Å². The third-order valence-corrected chi connectivity index (χ3v) is 6.54. The molecule has 2 aromatic heterocycles. The molecule has 0 radical (unpaired) electrons. The van der Waals surface area contributed by atoms with Gasteiger partial charge in [-0.3, -0.25) is 0 Å². The molecule has 0 spiro atoms. The monoisotopic (exact) mass is 408 g/mol. The predicted octanol–water partition coefficient (Wildman–Crippen LogP) is 8.29. The van der Waals surface area contributed by atoms with E-state index in [1.807, 2.05) is 0 Å². The molecule has 0 saturated heterocycles. The molecule has 2 N–H and O–H groups in total. The summed E-state index contributed by atoms with van der Waals surface area (Å²) in [6, 6.07) is 39.2. The minimum Gasteiger partial charge on any atom is -0.355 e. The summed E-state index contributed by atoms with van der Waals surface area (Å²) in [5, 5.41) is 5.07. The molecule has 0 saturated carbocycles. The van der Waals surface area contributed by atoms with Gasteiger partial charge in [-0.05, 0) is 64.7 Å². The number of aromatic amines is 2. The van der Waals surface area contributed by atoms with Crippen LogP contribution in [-0.4, -0.2) is 9.97 Å². The van der Waals surface area contributed by atoms with Crippen LogP contribution in [0, 0.1) is 0 Å². The zero-order chi connectivity index (χ0) is 21.1. The van der Waals surface area contributed by atoms with Crippen LogP contribution < -0.4 is 0 Å². The number of hydrogen-bond acceptors (Lipinski definition) is 0. The lowest BCUT2D eigenvalue weighted by atomic mass is 9.97. The van der Waals surface area contributed by atoms with Crippen LogP contribution in [0.15, 0.2) is 109 Å². The molecule has 0 aliphatic heterocycles. The molecule has 0 fully saturated rings. The van der Waals surface area contributed by atoms with Gasteiger partial charge in [-0.15, -0.1) is 0 Å². The summed E-state index contributed by atoms with van der Waals surface area (Å²) in [6.45, 7) is 0. The van der Waals surface area contributed by atoms with Crippen molar-refractivity contribution in [3.63, 3.8) is 0 Å². The highest BCUT2D eigenvalue weighted by Gasteiger charge is 2.09. The normalized spacial score (nSPS) is 11.8. The van der Waals surface area contributed by atoms with Gasteiger partial charge in [0.25, 0.3) is 0 Å². The fourth-order valence-electron chi connectivity index (χ4n) is 4.93. The highest BCUT2D eigenvalue weighted by Crippen LogP contribution is 2.34. The van der Waals surface area contributed by atoms with E-state index in [0.29, 0.717) is 0 Å². The number of benzene rings is 5. The third kappa shape index (κ3) is 2.60. The van der Waals surface area contributed by atoms with E-state index in [2.05, 4.69) is 119 Å². The first-order valence-corrected chi connectivity index (χ1v) is 11.0. The van der Waals surface area contributed by atoms with Gasteiger partial charge >= 0.3 is 0 Å². The maximum Gasteiger partial charge on any atom is 0.0465 e. The van der Waals surface area contributed by atoms with Gasteiger partial charge in [0.2, 0.25) is 0 Å². The first-order chi connectivity index (χ1) is 15.8. The maximum atomic E-state index is 3.52. The molecule has 7 aromatic rings. The highest BCUT2D eigenvalue weighted by atomic mass is 14.7. The first kappa shape index (κ1) is 17.4. The van der Waals surface area contributed by atoms with Gasteiger partial charge in [0, 0.05) is 43.6 Å². The molecule has 0 aliphatic carbocycles. The molecular weight excluding hydrogens is 388 g/mol. The summed E-state index contributed by atoms with van der Waals surface area (Å²) in [6.07, 6.45) is 0. The Hall–Kier alpha value is -4.30. The fourth-order valence-corrected chi connectivity index (χ4v) is 4.93. The summed E-state index contributed by atoms with van der Waals surface area (Å²) in [4.78, 5) is 7.04. The fraction of sp³-hybridized carbons (Fsp3) is 0. The number of para-hydroxylation sites is 2. The Morgan fingerprint density at radius 1 is 0.312 bits per heavy atom. The molecule has 0 amide bonds. The lowest BCUT2D eigenvalue weighted by Crippen LogP contribution is -1.82. The Kier molecular flexibility index (Phi) is 3.58. The van der Waals surface area contributed by atoms with Crippen LogP contribution in [-0.2, 0) is 0 Å². The molecule has 2 heteroatoms. The van der Waals surface area contributed by atoms with Crippen molar-refractivity contribution in [3.8, 4) is 22.3 Å². The van der Waals surface area contributed by atoms with Gasteiger partial charge < -0.3 is 9.97 Å². The Bertz CT molecular complexity index is 1650. The van der Waals surface area contributed by atoms with E-state index in [1.165, 1.54) is 65.9 Å². The lowest BCUT2D eigenvalue weighted by molar-refractivity contribution is 1.54. The lowest BCUT2D eigenvalue weighted by Gasteiger charge is -2.07. The smallest absolute Gasteiger partial charge is 0.0465 e. The van der Waals surface area contributed by atoms with Crippen LogP contribution in [0.25, 0.3) is 65.9 Å². The minimum atomic E-state index is 1.18. The quantitative estimate of drug-likeness (QED) is 0.288. The Balaban J connectivity index is 1.37. The summed E-state index contributed by atoms with van der Waals surface area (Å²) < 4.78 is 0. The molecule has 0 bridgehead atoms. The van der Waals surface area contributed by atoms with Gasteiger partial charge in [0.15, 0.2) is 0 Å². The van der Waals surface area contributed by atoms with E-state index in [4.69, 9.17) is 0 Å². The highest BCUT2D eigenvalue weighted by molar-refractivity contribution is 6.09. The van der Waals surface area contributed by atoms with Crippen LogP contribution in [0.3, 0.4) is 0 Å². The number of hydrogen-bond donors (Lipinski definition) is 2. The van der Waals surface area contributed by atoms with Crippen molar-refractivity contribution in [2.75, 3.05) is 0 Å². The number of rotatable bonds is 2. The van der Waals surface area contributed by atoms with E-state index < -0.39 is 0 Å². The van der Waals surface area contributed by atoms with Crippen LogP contribution in [0.5, 0.6) is 0 Å².